The zero-order valence-electron chi connectivity index (χ0n) is 14.6. The summed E-state index contributed by atoms with van der Waals surface area (Å²) in [6.07, 6.45) is 1.69. The van der Waals surface area contributed by atoms with Crippen LogP contribution in [-0.2, 0) is 9.53 Å². The number of nitrogens with two attached hydrogens (primary N) is 1. The highest BCUT2D eigenvalue weighted by atomic mass is 16.5. The van der Waals surface area contributed by atoms with E-state index in [9.17, 15) is 9.59 Å². The first-order valence-electron chi connectivity index (χ1n) is 8.36. The van der Waals surface area contributed by atoms with Crippen LogP contribution in [0.4, 0.5) is 5.69 Å². The maximum atomic E-state index is 12.7. The number of anilines is 1. The third kappa shape index (κ3) is 4.06. The highest BCUT2D eigenvalue weighted by Gasteiger charge is 2.32. The van der Waals surface area contributed by atoms with E-state index in [0.29, 0.717) is 30.2 Å². The van der Waals surface area contributed by atoms with Crippen LogP contribution in [0.2, 0.25) is 0 Å². The molecule has 0 spiro atoms. The van der Waals surface area contributed by atoms with E-state index in [2.05, 4.69) is 0 Å². The molecule has 132 valence electrons. The Morgan fingerprint density at radius 2 is 2.17 bits per heavy atom. The molecule has 1 heterocycles. The van der Waals surface area contributed by atoms with Crippen molar-refractivity contribution in [3.63, 3.8) is 0 Å². The third-order valence-electron chi connectivity index (χ3n) is 4.51. The van der Waals surface area contributed by atoms with Crippen molar-refractivity contribution in [2.24, 2.45) is 5.92 Å². The molecule has 2 N–H and O–H groups in total. The number of nitrogen functional groups attached to an aromatic ring is 1. The molecule has 1 aromatic rings. The molecule has 2 rings (SSSR count). The highest BCUT2D eigenvalue weighted by molar-refractivity contribution is 6.00. The van der Waals surface area contributed by atoms with Gasteiger partial charge in [0.2, 0.25) is 0 Å². The summed E-state index contributed by atoms with van der Waals surface area (Å²) < 4.78 is 10.2. The molecule has 1 aliphatic rings. The van der Waals surface area contributed by atoms with E-state index in [4.69, 9.17) is 15.2 Å². The van der Waals surface area contributed by atoms with Crippen molar-refractivity contribution in [1.82, 2.24) is 4.90 Å². The normalized spacial score (nSPS) is 19.5. The van der Waals surface area contributed by atoms with Crippen molar-refractivity contribution in [3.8, 4) is 5.75 Å². The first-order chi connectivity index (χ1) is 11.5. The molecule has 1 aliphatic heterocycles. The quantitative estimate of drug-likeness (QED) is 0.487. The number of ketones is 1. The van der Waals surface area contributed by atoms with E-state index >= 15 is 0 Å². The van der Waals surface area contributed by atoms with Gasteiger partial charge in [0.05, 0.1) is 31.4 Å². The van der Waals surface area contributed by atoms with Gasteiger partial charge in [0, 0.05) is 12.1 Å². The number of methoxy groups -OCH3 is 1. The third-order valence-corrected chi connectivity index (χ3v) is 4.51. The molecule has 1 saturated heterocycles. The number of hydrogen-bond acceptors (Lipinski definition) is 6. The molecular formula is C18H26N2O4. The number of nitrogens with zero attached hydrogens (tertiary/aromatic N) is 1. The smallest absolute Gasteiger partial charge is 0.310 e. The number of likely N-dealkylation sites (tertiary alicyclic amines) is 1. The number of hydrogen-bond donors (Lipinski definition) is 1. The lowest BCUT2D eigenvalue weighted by Gasteiger charge is -2.35. The van der Waals surface area contributed by atoms with E-state index in [1.807, 2.05) is 11.8 Å². The van der Waals surface area contributed by atoms with Crippen LogP contribution in [0.5, 0.6) is 5.75 Å². The standard InChI is InChI=1S/C18H26N2O4/c1-4-24-18(22)14-6-5-9-20(11-14)12(2)17(21)13-7-8-16(23-3)15(19)10-13/h7-8,10,12,14H,4-6,9,11,19H2,1-3H3. The van der Waals surface area contributed by atoms with Crippen LogP contribution in [0.15, 0.2) is 18.2 Å². The van der Waals surface area contributed by atoms with Gasteiger partial charge in [0.25, 0.3) is 0 Å². The van der Waals surface area contributed by atoms with Crippen LogP contribution < -0.4 is 10.5 Å². The predicted octanol–water partition coefficient (Wildman–Crippen LogP) is 2.12. The number of Topliss-reactive ketones (excluding diaryl/α,β-unsaturated/α-hetero) is 1. The molecule has 2 unspecified atom stereocenters. The lowest BCUT2D eigenvalue weighted by Crippen LogP contribution is -2.47. The van der Waals surface area contributed by atoms with E-state index in [1.165, 1.54) is 0 Å². The molecule has 6 nitrogen and oxygen atoms in total. The Balaban J connectivity index is 2.07. The minimum Gasteiger partial charge on any atom is -0.495 e. The zero-order chi connectivity index (χ0) is 17.7. The van der Waals surface area contributed by atoms with E-state index in [1.54, 1.807) is 32.2 Å². The number of rotatable bonds is 6. The summed E-state index contributed by atoms with van der Waals surface area (Å²) in [6.45, 7) is 5.41. The molecule has 0 radical (unpaired) electrons. The Labute approximate surface area is 142 Å². The van der Waals surface area contributed by atoms with Gasteiger partial charge >= 0.3 is 5.97 Å². The van der Waals surface area contributed by atoms with Crippen molar-refractivity contribution in [3.05, 3.63) is 23.8 Å². The maximum Gasteiger partial charge on any atom is 0.310 e. The number of carbonyl (C=O) groups is 2. The van der Waals surface area contributed by atoms with Crippen molar-refractivity contribution in [1.29, 1.82) is 0 Å². The van der Waals surface area contributed by atoms with Crippen molar-refractivity contribution >= 4 is 17.4 Å². The molecule has 0 bridgehead atoms. The van der Waals surface area contributed by atoms with Gasteiger partial charge in [0.15, 0.2) is 5.78 Å². The van der Waals surface area contributed by atoms with Gasteiger partial charge in [-0.05, 0) is 51.4 Å². The summed E-state index contributed by atoms with van der Waals surface area (Å²) in [7, 11) is 1.54. The molecule has 0 aliphatic carbocycles. The second kappa shape index (κ2) is 8.15. The van der Waals surface area contributed by atoms with E-state index < -0.39 is 0 Å². The number of ether oxygens (including phenoxy) is 2. The summed E-state index contributed by atoms with van der Waals surface area (Å²) in [5.41, 5.74) is 6.89. The van der Waals surface area contributed by atoms with Gasteiger partial charge in [-0.25, -0.2) is 0 Å². The first-order valence-corrected chi connectivity index (χ1v) is 8.36. The van der Waals surface area contributed by atoms with E-state index in [-0.39, 0.29) is 23.7 Å². The predicted molar refractivity (Wildman–Crippen MR) is 92.1 cm³/mol. The van der Waals surface area contributed by atoms with Gasteiger partial charge in [-0.1, -0.05) is 0 Å². The number of benzene rings is 1. The van der Waals surface area contributed by atoms with Gasteiger partial charge in [-0.3, -0.25) is 14.5 Å². The lowest BCUT2D eigenvalue weighted by atomic mass is 9.95. The Kier molecular flexibility index (Phi) is 6.20. The molecule has 0 amide bonds. The average molecular weight is 334 g/mol. The van der Waals surface area contributed by atoms with Crippen molar-refractivity contribution in [2.75, 3.05) is 32.5 Å². The minimum absolute atomic E-state index is 0.00568. The monoisotopic (exact) mass is 334 g/mol. The fourth-order valence-corrected chi connectivity index (χ4v) is 3.11. The molecular weight excluding hydrogens is 308 g/mol. The summed E-state index contributed by atoms with van der Waals surface area (Å²) >= 11 is 0. The topological polar surface area (TPSA) is 81.9 Å². The van der Waals surface area contributed by atoms with Gasteiger partial charge < -0.3 is 15.2 Å². The van der Waals surface area contributed by atoms with Gasteiger partial charge in [-0.15, -0.1) is 0 Å². The minimum atomic E-state index is -0.310. The van der Waals surface area contributed by atoms with Crippen molar-refractivity contribution in [2.45, 2.75) is 32.7 Å². The van der Waals surface area contributed by atoms with Gasteiger partial charge in [-0.2, -0.15) is 0 Å². The molecule has 1 aromatic carbocycles. The number of piperidine rings is 1. The molecule has 0 aromatic heterocycles. The molecule has 24 heavy (non-hydrogen) atoms. The van der Waals surface area contributed by atoms with Crippen LogP contribution in [-0.4, -0.2) is 49.5 Å². The largest absolute Gasteiger partial charge is 0.495 e. The Hall–Kier alpha value is -2.08. The fourth-order valence-electron chi connectivity index (χ4n) is 3.11. The average Bonchev–Trinajstić information content (AvgIpc) is 2.60. The molecule has 0 saturated carbocycles. The van der Waals surface area contributed by atoms with Gasteiger partial charge in [0.1, 0.15) is 5.75 Å². The number of carbonyl (C=O) groups excluding carboxylic acids is 2. The zero-order valence-corrected chi connectivity index (χ0v) is 14.6. The van der Waals surface area contributed by atoms with Crippen LogP contribution >= 0.6 is 0 Å². The highest BCUT2D eigenvalue weighted by Crippen LogP contribution is 2.25. The lowest BCUT2D eigenvalue weighted by molar-refractivity contribution is -0.150. The Bertz CT molecular complexity index is 603. The van der Waals surface area contributed by atoms with Crippen LogP contribution in [0.3, 0.4) is 0 Å². The van der Waals surface area contributed by atoms with Crippen LogP contribution in [0.25, 0.3) is 0 Å². The SMILES string of the molecule is CCOC(=O)C1CCCN(C(C)C(=O)c2ccc(OC)c(N)c2)C1. The molecule has 2 atom stereocenters. The molecule has 1 fully saturated rings. The Morgan fingerprint density at radius 3 is 2.79 bits per heavy atom. The maximum absolute atomic E-state index is 12.7. The second-order valence-corrected chi connectivity index (χ2v) is 6.08. The van der Waals surface area contributed by atoms with Crippen LogP contribution in [0, 0.1) is 5.92 Å². The number of esters is 1. The summed E-state index contributed by atoms with van der Waals surface area (Å²) in [6, 6.07) is 4.76. The second-order valence-electron chi connectivity index (χ2n) is 6.08. The Morgan fingerprint density at radius 1 is 1.42 bits per heavy atom. The summed E-state index contributed by atoms with van der Waals surface area (Å²) in [5.74, 6) is 0.221. The molecule has 6 heteroatoms. The first kappa shape index (κ1) is 18.3. The van der Waals surface area contributed by atoms with E-state index in [0.717, 1.165) is 19.4 Å². The fraction of sp³-hybridized carbons (Fsp3) is 0.556. The summed E-state index contributed by atoms with van der Waals surface area (Å²) in [5, 5.41) is 0. The van der Waals surface area contributed by atoms with Crippen molar-refractivity contribution < 1.29 is 19.1 Å². The summed E-state index contributed by atoms with van der Waals surface area (Å²) in [4.78, 5) is 26.8. The van der Waals surface area contributed by atoms with Crippen LogP contribution in [0.1, 0.15) is 37.0 Å².